The van der Waals surface area contributed by atoms with Gasteiger partial charge in [0.1, 0.15) is 0 Å². The maximum absolute atomic E-state index is 12.8. The molecule has 1 aromatic rings. The molecule has 25 heavy (non-hydrogen) atoms. The molecular weight excluding hydrogens is 355 g/mol. The van der Waals surface area contributed by atoms with Crippen molar-refractivity contribution in [2.45, 2.75) is 36.4 Å². The standard InChI is InChI=1S/C16H20F3N3O2S/c17-16(18,19)12-2-1-3-15(10-12)25(23,24)22-8-5-13(6-9-22)21-14-4-7-20-11-14/h1-3,10-11,13,20-21H,4-9H2. The molecule has 2 heterocycles. The molecule has 0 spiro atoms. The van der Waals surface area contributed by atoms with Gasteiger partial charge in [0.15, 0.2) is 0 Å². The van der Waals surface area contributed by atoms with Crippen LogP contribution in [-0.2, 0) is 16.2 Å². The Hall–Kier alpha value is -1.74. The van der Waals surface area contributed by atoms with E-state index < -0.39 is 21.8 Å². The van der Waals surface area contributed by atoms with Crippen molar-refractivity contribution in [1.82, 2.24) is 14.9 Å². The number of benzene rings is 1. The molecule has 0 radical (unpaired) electrons. The highest BCUT2D eigenvalue weighted by molar-refractivity contribution is 7.89. The highest BCUT2D eigenvalue weighted by Crippen LogP contribution is 2.31. The molecule has 138 valence electrons. The van der Waals surface area contributed by atoms with E-state index in [2.05, 4.69) is 10.6 Å². The largest absolute Gasteiger partial charge is 0.416 e. The Morgan fingerprint density at radius 1 is 1.20 bits per heavy atom. The number of nitrogens with one attached hydrogen (secondary N) is 2. The molecule has 0 unspecified atom stereocenters. The van der Waals surface area contributed by atoms with Gasteiger partial charge in [0.25, 0.3) is 0 Å². The molecular formula is C16H20F3N3O2S. The minimum Gasteiger partial charge on any atom is -0.389 e. The summed E-state index contributed by atoms with van der Waals surface area (Å²) in [5, 5.41) is 6.50. The third-order valence-corrected chi connectivity index (χ3v) is 6.35. The van der Waals surface area contributed by atoms with E-state index in [-0.39, 0.29) is 24.0 Å². The first-order valence-corrected chi connectivity index (χ1v) is 9.57. The van der Waals surface area contributed by atoms with Crippen LogP contribution in [0.2, 0.25) is 0 Å². The van der Waals surface area contributed by atoms with E-state index in [1.807, 2.05) is 6.20 Å². The van der Waals surface area contributed by atoms with Crippen LogP contribution in [0.3, 0.4) is 0 Å². The fourth-order valence-corrected chi connectivity index (χ4v) is 4.59. The normalized spacial score (nSPS) is 20.2. The number of halogens is 3. The molecule has 1 fully saturated rings. The lowest BCUT2D eigenvalue weighted by atomic mass is 10.1. The number of sulfonamides is 1. The van der Waals surface area contributed by atoms with Gasteiger partial charge in [-0.2, -0.15) is 17.5 Å². The molecule has 3 rings (SSSR count). The SMILES string of the molecule is O=S(=O)(c1cccc(C(F)(F)F)c1)N1CCC(NC2=CNCC2)CC1. The summed E-state index contributed by atoms with van der Waals surface area (Å²) < 4.78 is 65.0. The summed E-state index contributed by atoms with van der Waals surface area (Å²) >= 11 is 0. The van der Waals surface area contributed by atoms with E-state index in [0.29, 0.717) is 18.9 Å². The number of hydrogen-bond donors (Lipinski definition) is 2. The van der Waals surface area contributed by atoms with Gasteiger partial charge in [-0.05, 0) is 31.0 Å². The van der Waals surface area contributed by atoms with Crippen LogP contribution >= 0.6 is 0 Å². The Labute approximate surface area is 144 Å². The summed E-state index contributed by atoms with van der Waals surface area (Å²) in [6.45, 7) is 1.47. The maximum Gasteiger partial charge on any atom is 0.416 e. The molecule has 0 aromatic heterocycles. The monoisotopic (exact) mass is 375 g/mol. The zero-order valence-corrected chi connectivity index (χ0v) is 14.3. The minimum absolute atomic E-state index is 0.180. The molecule has 0 amide bonds. The van der Waals surface area contributed by atoms with Crippen LogP contribution < -0.4 is 10.6 Å². The first-order valence-electron chi connectivity index (χ1n) is 8.13. The van der Waals surface area contributed by atoms with Gasteiger partial charge in [0, 0.05) is 44.0 Å². The van der Waals surface area contributed by atoms with Gasteiger partial charge in [-0.25, -0.2) is 8.42 Å². The number of piperidine rings is 1. The van der Waals surface area contributed by atoms with Crippen LogP contribution in [0.5, 0.6) is 0 Å². The quantitative estimate of drug-likeness (QED) is 0.848. The summed E-state index contributed by atoms with van der Waals surface area (Å²) in [6, 6.07) is 4.10. The topological polar surface area (TPSA) is 61.4 Å². The minimum atomic E-state index is -4.56. The average molecular weight is 375 g/mol. The van der Waals surface area contributed by atoms with E-state index in [9.17, 15) is 21.6 Å². The zero-order valence-electron chi connectivity index (χ0n) is 13.5. The molecule has 0 bridgehead atoms. The van der Waals surface area contributed by atoms with Crippen LogP contribution in [0, 0.1) is 0 Å². The van der Waals surface area contributed by atoms with E-state index in [4.69, 9.17) is 0 Å². The smallest absolute Gasteiger partial charge is 0.389 e. The Morgan fingerprint density at radius 3 is 2.52 bits per heavy atom. The predicted octanol–water partition coefficient (Wildman–Crippen LogP) is 2.28. The van der Waals surface area contributed by atoms with Gasteiger partial charge in [-0.15, -0.1) is 0 Å². The summed E-state index contributed by atoms with van der Waals surface area (Å²) in [4.78, 5) is -0.309. The molecule has 2 aliphatic heterocycles. The van der Waals surface area contributed by atoms with E-state index >= 15 is 0 Å². The second-order valence-electron chi connectivity index (χ2n) is 6.22. The molecule has 0 saturated carbocycles. The van der Waals surface area contributed by atoms with E-state index in [0.717, 1.165) is 30.8 Å². The van der Waals surface area contributed by atoms with Gasteiger partial charge >= 0.3 is 6.18 Å². The molecule has 5 nitrogen and oxygen atoms in total. The number of alkyl halides is 3. The van der Waals surface area contributed by atoms with E-state index in [1.165, 1.54) is 10.4 Å². The van der Waals surface area contributed by atoms with Crippen molar-refractivity contribution >= 4 is 10.0 Å². The van der Waals surface area contributed by atoms with Crippen molar-refractivity contribution in [3.05, 3.63) is 41.7 Å². The number of nitrogens with zero attached hydrogens (tertiary/aromatic N) is 1. The van der Waals surface area contributed by atoms with Crippen LogP contribution in [0.25, 0.3) is 0 Å². The van der Waals surface area contributed by atoms with Crippen LogP contribution in [0.4, 0.5) is 13.2 Å². The fraction of sp³-hybridized carbons (Fsp3) is 0.500. The second-order valence-corrected chi connectivity index (χ2v) is 8.16. The summed E-state index contributed by atoms with van der Waals surface area (Å²) in [5.74, 6) is 0. The van der Waals surface area contributed by atoms with Gasteiger partial charge in [-0.1, -0.05) is 6.07 Å². The summed E-state index contributed by atoms with van der Waals surface area (Å²) in [6.07, 6.45) is -0.481. The number of rotatable bonds is 4. The highest BCUT2D eigenvalue weighted by Gasteiger charge is 2.34. The third kappa shape index (κ3) is 4.09. The van der Waals surface area contributed by atoms with Crippen molar-refractivity contribution in [3.8, 4) is 0 Å². The molecule has 1 saturated heterocycles. The van der Waals surface area contributed by atoms with Crippen molar-refractivity contribution in [2.75, 3.05) is 19.6 Å². The Morgan fingerprint density at radius 2 is 1.92 bits per heavy atom. The molecule has 2 aliphatic rings. The van der Waals surface area contributed by atoms with Crippen LogP contribution in [0.1, 0.15) is 24.8 Å². The van der Waals surface area contributed by atoms with Gasteiger partial charge in [-0.3, -0.25) is 0 Å². The van der Waals surface area contributed by atoms with Gasteiger partial charge in [0.2, 0.25) is 10.0 Å². The average Bonchev–Trinajstić information content (AvgIpc) is 3.08. The molecule has 9 heteroatoms. The van der Waals surface area contributed by atoms with Crippen molar-refractivity contribution in [1.29, 1.82) is 0 Å². The molecule has 0 aliphatic carbocycles. The third-order valence-electron chi connectivity index (χ3n) is 4.46. The first-order chi connectivity index (χ1) is 11.8. The van der Waals surface area contributed by atoms with Crippen LogP contribution in [0.15, 0.2) is 41.1 Å². The maximum atomic E-state index is 12.8. The molecule has 1 aromatic carbocycles. The highest BCUT2D eigenvalue weighted by atomic mass is 32.2. The Kier molecular flexibility index (Phi) is 4.97. The first kappa shape index (κ1) is 18.1. The van der Waals surface area contributed by atoms with Crippen molar-refractivity contribution in [3.63, 3.8) is 0 Å². The van der Waals surface area contributed by atoms with E-state index in [1.54, 1.807) is 0 Å². The van der Waals surface area contributed by atoms with Crippen LogP contribution in [-0.4, -0.2) is 38.4 Å². The van der Waals surface area contributed by atoms with Gasteiger partial charge in [0.05, 0.1) is 10.5 Å². The van der Waals surface area contributed by atoms with Crippen molar-refractivity contribution < 1.29 is 21.6 Å². The summed E-state index contributed by atoms with van der Waals surface area (Å²) in [7, 11) is -3.92. The summed E-state index contributed by atoms with van der Waals surface area (Å²) in [5.41, 5.74) is 0.157. The lowest BCUT2D eigenvalue weighted by Crippen LogP contribution is -2.44. The lowest BCUT2D eigenvalue weighted by Gasteiger charge is -2.32. The predicted molar refractivity (Wildman–Crippen MR) is 87.1 cm³/mol. The fourth-order valence-electron chi connectivity index (χ4n) is 3.07. The number of hydrogen-bond acceptors (Lipinski definition) is 4. The Bertz CT molecular complexity index is 754. The zero-order chi connectivity index (χ0) is 18.1. The van der Waals surface area contributed by atoms with Crippen molar-refractivity contribution in [2.24, 2.45) is 0 Å². The molecule has 0 atom stereocenters. The second kappa shape index (κ2) is 6.87. The Balaban J connectivity index is 1.67. The molecule has 2 N–H and O–H groups in total. The lowest BCUT2D eigenvalue weighted by molar-refractivity contribution is -0.137. The van der Waals surface area contributed by atoms with Gasteiger partial charge < -0.3 is 10.6 Å².